The third kappa shape index (κ3) is 3.62. The molecule has 0 heterocycles. The summed E-state index contributed by atoms with van der Waals surface area (Å²) < 4.78 is 30.0. The number of hydrogen-bond acceptors (Lipinski definition) is 2. The summed E-state index contributed by atoms with van der Waals surface area (Å²) >= 11 is 0. The lowest BCUT2D eigenvalue weighted by molar-refractivity contribution is 0.598. The smallest absolute Gasteiger partial charge is 0.199 e. The van der Waals surface area contributed by atoms with Crippen LogP contribution in [0.2, 0.25) is 0 Å². The predicted octanol–water partition coefficient (Wildman–Crippen LogP) is 4.81. The first kappa shape index (κ1) is 17.4. The van der Waals surface area contributed by atoms with Gasteiger partial charge in [0.05, 0.1) is 10.6 Å². The molecule has 0 spiro atoms. The molecule has 0 amide bonds. The quantitative estimate of drug-likeness (QED) is 0.661. The van der Waals surface area contributed by atoms with E-state index in [1.807, 2.05) is 67.6 Å². The molecule has 134 valence electrons. The fraction of sp³-hybridized carbons (Fsp3) is 0.0870. The minimum atomic E-state index is -3.78. The van der Waals surface area contributed by atoms with Gasteiger partial charge in [0.2, 0.25) is 0 Å². The molecule has 0 saturated carbocycles. The highest BCUT2D eigenvalue weighted by Crippen LogP contribution is 2.30. The van der Waals surface area contributed by atoms with Crippen LogP contribution in [0.1, 0.15) is 22.3 Å². The van der Waals surface area contributed by atoms with Crippen LogP contribution >= 0.6 is 0 Å². The van der Waals surface area contributed by atoms with Gasteiger partial charge in [-0.3, -0.25) is 0 Å². The summed E-state index contributed by atoms with van der Waals surface area (Å²) in [5.41, 5.74) is 5.47. The van der Waals surface area contributed by atoms with Gasteiger partial charge in [-0.15, -0.1) is 0 Å². The molecule has 4 rings (SSSR count). The number of benzene rings is 3. The molecule has 27 heavy (non-hydrogen) atoms. The van der Waals surface area contributed by atoms with Gasteiger partial charge in [-0.05, 0) is 41.8 Å². The highest BCUT2D eigenvalue weighted by molar-refractivity contribution is 7.90. The van der Waals surface area contributed by atoms with Crippen molar-refractivity contribution in [1.82, 2.24) is 0 Å². The molecule has 0 bridgehead atoms. The number of nitrogens with zero attached hydrogens (tertiary/aromatic N) is 1. The summed E-state index contributed by atoms with van der Waals surface area (Å²) in [6, 6.07) is 24.5. The van der Waals surface area contributed by atoms with Crippen molar-refractivity contribution in [3.8, 4) is 0 Å². The lowest BCUT2D eigenvalue weighted by Gasteiger charge is -2.05. The minimum absolute atomic E-state index is 0.212. The Balaban J connectivity index is 1.84. The van der Waals surface area contributed by atoms with E-state index in [2.05, 4.69) is 4.40 Å². The average molecular weight is 373 g/mol. The second-order valence-electron chi connectivity index (χ2n) is 6.64. The molecule has 0 N–H and O–H groups in total. The van der Waals surface area contributed by atoms with Gasteiger partial charge >= 0.3 is 0 Å². The Labute approximate surface area is 159 Å². The molecule has 0 radical (unpaired) electrons. The Hall–Kier alpha value is -2.98. The lowest BCUT2D eigenvalue weighted by Crippen LogP contribution is -2.05. The van der Waals surface area contributed by atoms with E-state index in [1.54, 1.807) is 24.3 Å². The van der Waals surface area contributed by atoms with Crippen LogP contribution in [0.5, 0.6) is 0 Å². The van der Waals surface area contributed by atoms with Gasteiger partial charge in [-0.2, -0.15) is 12.8 Å². The van der Waals surface area contributed by atoms with Crippen LogP contribution in [0.3, 0.4) is 0 Å². The van der Waals surface area contributed by atoms with Crippen LogP contribution in [-0.2, 0) is 16.4 Å². The fourth-order valence-electron chi connectivity index (χ4n) is 3.23. The van der Waals surface area contributed by atoms with Crippen LogP contribution in [0, 0.1) is 6.92 Å². The number of hydrogen-bond donors (Lipinski definition) is 0. The molecule has 0 atom stereocenters. The first-order valence-electron chi connectivity index (χ1n) is 8.79. The Morgan fingerprint density at radius 1 is 0.852 bits per heavy atom. The summed E-state index contributed by atoms with van der Waals surface area (Å²) in [5.74, 6) is 0. The maximum atomic E-state index is 12.9. The Bertz CT molecular complexity index is 1140. The third-order valence-corrected chi connectivity index (χ3v) is 5.92. The first-order chi connectivity index (χ1) is 13.0. The highest BCUT2D eigenvalue weighted by Gasteiger charge is 2.25. The zero-order valence-corrected chi connectivity index (χ0v) is 15.8. The molecule has 0 unspecified atom stereocenters. The molecule has 3 aromatic rings. The normalized spacial score (nSPS) is 16.6. The Morgan fingerprint density at radius 2 is 1.52 bits per heavy atom. The van der Waals surface area contributed by atoms with Gasteiger partial charge in [-0.25, -0.2) is 0 Å². The van der Waals surface area contributed by atoms with Crippen molar-refractivity contribution in [1.29, 1.82) is 0 Å². The second kappa shape index (κ2) is 6.97. The van der Waals surface area contributed by atoms with E-state index in [-0.39, 0.29) is 4.90 Å². The molecule has 0 fully saturated rings. The SMILES string of the molecule is Cc1ccc(S(=O)(=O)/N=C2/C(=C/c3ccccc3)Cc3ccccc32)cc1. The summed E-state index contributed by atoms with van der Waals surface area (Å²) in [4.78, 5) is 0.212. The number of rotatable bonds is 3. The topological polar surface area (TPSA) is 46.5 Å². The van der Waals surface area contributed by atoms with E-state index < -0.39 is 10.0 Å². The van der Waals surface area contributed by atoms with Crippen LogP contribution in [0.4, 0.5) is 0 Å². The van der Waals surface area contributed by atoms with Gasteiger partial charge in [-0.1, -0.05) is 72.3 Å². The molecule has 0 saturated heterocycles. The second-order valence-corrected chi connectivity index (χ2v) is 8.25. The maximum absolute atomic E-state index is 12.9. The minimum Gasteiger partial charge on any atom is -0.199 e. The maximum Gasteiger partial charge on any atom is 0.282 e. The number of sulfonamides is 1. The van der Waals surface area contributed by atoms with E-state index in [1.165, 1.54) is 0 Å². The van der Waals surface area contributed by atoms with Gasteiger partial charge in [0.15, 0.2) is 0 Å². The zero-order valence-electron chi connectivity index (χ0n) is 15.0. The fourth-order valence-corrected chi connectivity index (χ4v) is 4.27. The van der Waals surface area contributed by atoms with Crippen LogP contribution in [-0.4, -0.2) is 14.1 Å². The largest absolute Gasteiger partial charge is 0.282 e. The summed E-state index contributed by atoms with van der Waals surface area (Å²) in [6.45, 7) is 1.93. The Morgan fingerprint density at radius 3 is 2.26 bits per heavy atom. The first-order valence-corrected chi connectivity index (χ1v) is 10.2. The van der Waals surface area contributed by atoms with Crippen molar-refractivity contribution in [3.63, 3.8) is 0 Å². The zero-order chi connectivity index (χ0) is 18.9. The predicted molar refractivity (Wildman–Crippen MR) is 109 cm³/mol. The average Bonchev–Trinajstić information content (AvgIpc) is 3.00. The van der Waals surface area contributed by atoms with Crippen molar-refractivity contribution in [3.05, 3.63) is 107 Å². The van der Waals surface area contributed by atoms with Crippen molar-refractivity contribution >= 4 is 21.8 Å². The number of aryl methyl sites for hydroxylation is 1. The van der Waals surface area contributed by atoms with E-state index in [0.29, 0.717) is 12.1 Å². The monoisotopic (exact) mass is 373 g/mol. The molecule has 4 heteroatoms. The molecule has 0 aromatic heterocycles. The standard InChI is InChI=1S/C23H19NO2S/c1-17-11-13-21(14-12-17)27(25,26)24-23-20(15-18-7-3-2-4-8-18)16-19-9-5-6-10-22(19)23/h2-15H,16H2,1H3/b20-15+,24-23-. The van der Waals surface area contributed by atoms with Crippen molar-refractivity contribution < 1.29 is 8.42 Å². The molecular formula is C23H19NO2S. The van der Waals surface area contributed by atoms with Crippen molar-refractivity contribution in [2.24, 2.45) is 4.40 Å². The molecular weight excluding hydrogens is 354 g/mol. The summed E-state index contributed by atoms with van der Waals surface area (Å²) in [6.07, 6.45) is 2.69. The van der Waals surface area contributed by atoms with E-state index in [9.17, 15) is 8.42 Å². The summed E-state index contributed by atoms with van der Waals surface area (Å²) in [5, 5.41) is 0. The van der Waals surface area contributed by atoms with E-state index in [0.717, 1.165) is 27.8 Å². The van der Waals surface area contributed by atoms with Crippen LogP contribution in [0.25, 0.3) is 6.08 Å². The molecule has 3 nitrogen and oxygen atoms in total. The third-order valence-electron chi connectivity index (χ3n) is 4.63. The van der Waals surface area contributed by atoms with E-state index >= 15 is 0 Å². The van der Waals surface area contributed by atoms with Gasteiger partial charge in [0.25, 0.3) is 10.0 Å². The molecule has 1 aliphatic rings. The highest BCUT2D eigenvalue weighted by atomic mass is 32.2. The molecule has 0 aliphatic heterocycles. The summed E-state index contributed by atoms with van der Waals surface area (Å²) in [7, 11) is -3.78. The molecule has 1 aliphatic carbocycles. The lowest BCUT2D eigenvalue weighted by atomic mass is 10.1. The van der Waals surface area contributed by atoms with Gasteiger partial charge in [0, 0.05) is 12.0 Å². The Kier molecular flexibility index (Phi) is 4.50. The van der Waals surface area contributed by atoms with Crippen molar-refractivity contribution in [2.45, 2.75) is 18.2 Å². The van der Waals surface area contributed by atoms with E-state index in [4.69, 9.17) is 0 Å². The number of fused-ring (bicyclic) bond motifs is 1. The number of allylic oxidation sites excluding steroid dienone is 1. The van der Waals surface area contributed by atoms with Gasteiger partial charge < -0.3 is 0 Å². The van der Waals surface area contributed by atoms with Gasteiger partial charge in [0.1, 0.15) is 0 Å². The van der Waals surface area contributed by atoms with Crippen LogP contribution in [0.15, 0.2) is 93.7 Å². The van der Waals surface area contributed by atoms with Crippen LogP contribution < -0.4 is 0 Å². The molecule has 3 aromatic carbocycles. The van der Waals surface area contributed by atoms with Crippen molar-refractivity contribution in [2.75, 3.05) is 0 Å².